The molecule has 0 bridgehead atoms. The maximum absolute atomic E-state index is 12.3. The highest BCUT2D eigenvalue weighted by atomic mass is 16.5. The normalized spacial score (nSPS) is 15.7. The molecule has 0 aliphatic heterocycles. The fraction of sp³-hybridized carbons (Fsp3) is 0.318. The largest absolute Gasteiger partial charge is 0.490 e. The van der Waals surface area contributed by atoms with Gasteiger partial charge in [0.2, 0.25) is 5.91 Å². The molecule has 0 aromatic heterocycles. The third-order valence-corrected chi connectivity index (χ3v) is 4.44. The average Bonchev–Trinajstić information content (AvgIpc) is 3.05. The van der Waals surface area contributed by atoms with Gasteiger partial charge in [0.05, 0.1) is 19.3 Å². The molecule has 1 aliphatic rings. The molecule has 1 N–H and O–H groups in total. The van der Waals surface area contributed by atoms with Crippen LogP contribution in [-0.4, -0.2) is 19.1 Å². The van der Waals surface area contributed by atoms with E-state index in [1.807, 2.05) is 44.2 Å². The number of rotatable bonds is 7. The number of hydrogen-bond donors (Lipinski definition) is 1. The summed E-state index contributed by atoms with van der Waals surface area (Å²) in [7, 11) is 0. The first-order valence-corrected chi connectivity index (χ1v) is 9.17. The SMILES string of the molecule is CCOc1ccc(/C=C/C(=O)NC2CCc3ccccc32)cc1OCC. The topological polar surface area (TPSA) is 47.6 Å². The maximum Gasteiger partial charge on any atom is 0.244 e. The van der Waals surface area contributed by atoms with E-state index >= 15 is 0 Å². The molecule has 0 saturated heterocycles. The summed E-state index contributed by atoms with van der Waals surface area (Å²) < 4.78 is 11.2. The quantitative estimate of drug-likeness (QED) is 0.757. The summed E-state index contributed by atoms with van der Waals surface area (Å²) in [4.78, 5) is 12.3. The van der Waals surface area contributed by atoms with E-state index in [-0.39, 0.29) is 11.9 Å². The highest BCUT2D eigenvalue weighted by molar-refractivity contribution is 5.92. The Morgan fingerprint density at radius 1 is 1.12 bits per heavy atom. The molecular formula is C22H25NO3. The van der Waals surface area contributed by atoms with Crippen LogP contribution in [0.4, 0.5) is 0 Å². The second kappa shape index (κ2) is 8.56. The van der Waals surface area contributed by atoms with Gasteiger partial charge in [0.15, 0.2) is 11.5 Å². The van der Waals surface area contributed by atoms with Crippen molar-refractivity contribution in [2.75, 3.05) is 13.2 Å². The van der Waals surface area contributed by atoms with Crippen molar-refractivity contribution in [2.45, 2.75) is 32.7 Å². The van der Waals surface area contributed by atoms with E-state index in [2.05, 4.69) is 17.4 Å². The minimum atomic E-state index is -0.0847. The van der Waals surface area contributed by atoms with Crippen molar-refractivity contribution in [3.8, 4) is 11.5 Å². The van der Waals surface area contributed by atoms with Crippen molar-refractivity contribution in [3.05, 3.63) is 65.2 Å². The van der Waals surface area contributed by atoms with E-state index in [1.165, 1.54) is 11.1 Å². The Balaban J connectivity index is 1.66. The molecule has 4 nitrogen and oxygen atoms in total. The highest BCUT2D eigenvalue weighted by Gasteiger charge is 2.22. The van der Waals surface area contributed by atoms with Gasteiger partial charge in [0, 0.05) is 6.08 Å². The standard InChI is InChI=1S/C22H25NO3/c1-3-25-20-13-9-16(15-21(20)26-4-2)10-14-22(24)23-19-12-11-17-7-5-6-8-18(17)19/h5-10,13-15,19H,3-4,11-12H2,1-2H3,(H,23,24)/b14-10+. The summed E-state index contributed by atoms with van der Waals surface area (Å²) in [6.07, 6.45) is 5.35. The van der Waals surface area contributed by atoms with Crippen LogP contribution in [0.15, 0.2) is 48.5 Å². The number of fused-ring (bicyclic) bond motifs is 1. The number of carbonyl (C=O) groups is 1. The number of amides is 1. The molecule has 4 heteroatoms. The van der Waals surface area contributed by atoms with Crippen molar-refractivity contribution in [2.24, 2.45) is 0 Å². The monoisotopic (exact) mass is 351 g/mol. The van der Waals surface area contributed by atoms with Crippen LogP contribution in [0.3, 0.4) is 0 Å². The van der Waals surface area contributed by atoms with Gasteiger partial charge in [-0.25, -0.2) is 0 Å². The Labute approximate surface area is 154 Å². The molecule has 1 amide bonds. The maximum atomic E-state index is 12.3. The number of aryl methyl sites for hydroxylation is 1. The lowest BCUT2D eigenvalue weighted by Gasteiger charge is -2.13. The van der Waals surface area contributed by atoms with E-state index in [0.717, 1.165) is 24.2 Å². The second-order valence-corrected chi connectivity index (χ2v) is 6.20. The van der Waals surface area contributed by atoms with Gasteiger partial charge < -0.3 is 14.8 Å². The molecule has 2 aromatic rings. The summed E-state index contributed by atoms with van der Waals surface area (Å²) in [6.45, 7) is 5.02. The Bertz CT molecular complexity index is 798. The fourth-order valence-electron chi connectivity index (χ4n) is 3.27. The highest BCUT2D eigenvalue weighted by Crippen LogP contribution is 2.31. The molecule has 136 valence electrons. The summed E-state index contributed by atoms with van der Waals surface area (Å²) in [5.74, 6) is 1.33. The minimum absolute atomic E-state index is 0.0847. The van der Waals surface area contributed by atoms with Gasteiger partial charge in [0.25, 0.3) is 0 Å². The van der Waals surface area contributed by atoms with Crippen LogP contribution in [-0.2, 0) is 11.2 Å². The first-order valence-electron chi connectivity index (χ1n) is 9.17. The van der Waals surface area contributed by atoms with E-state index in [4.69, 9.17) is 9.47 Å². The van der Waals surface area contributed by atoms with Crippen LogP contribution < -0.4 is 14.8 Å². The molecule has 0 radical (unpaired) electrons. The van der Waals surface area contributed by atoms with Crippen LogP contribution >= 0.6 is 0 Å². The van der Waals surface area contributed by atoms with Crippen LogP contribution in [0, 0.1) is 0 Å². The van der Waals surface area contributed by atoms with Crippen molar-refractivity contribution < 1.29 is 14.3 Å². The van der Waals surface area contributed by atoms with Crippen molar-refractivity contribution >= 4 is 12.0 Å². The third kappa shape index (κ3) is 4.26. The smallest absolute Gasteiger partial charge is 0.244 e. The summed E-state index contributed by atoms with van der Waals surface area (Å²) >= 11 is 0. The summed E-state index contributed by atoms with van der Waals surface area (Å²) in [6, 6.07) is 14.1. The van der Waals surface area contributed by atoms with Crippen molar-refractivity contribution in [1.29, 1.82) is 0 Å². The molecular weight excluding hydrogens is 326 g/mol. The van der Waals surface area contributed by atoms with Crippen molar-refractivity contribution in [1.82, 2.24) is 5.32 Å². The molecule has 1 unspecified atom stereocenters. The lowest BCUT2D eigenvalue weighted by Crippen LogP contribution is -2.25. The zero-order valence-corrected chi connectivity index (χ0v) is 15.3. The number of nitrogens with one attached hydrogen (secondary N) is 1. The molecule has 3 rings (SSSR count). The zero-order chi connectivity index (χ0) is 18.4. The van der Waals surface area contributed by atoms with Crippen LogP contribution in [0.5, 0.6) is 11.5 Å². The van der Waals surface area contributed by atoms with Gasteiger partial charge in [-0.3, -0.25) is 4.79 Å². The Morgan fingerprint density at radius 3 is 2.69 bits per heavy atom. The van der Waals surface area contributed by atoms with Crippen LogP contribution in [0.25, 0.3) is 6.08 Å². The second-order valence-electron chi connectivity index (χ2n) is 6.20. The van der Waals surface area contributed by atoms with Gasteiger partial charge in [-0.05, 0) is 61.6 Å². The van der Waals surface area contributed by atoms with E-state index in [1.54, 1.807) is 12.2 Å². The van der Waals surface area contributed by atoms with Gasteiger partial charge in [-0.2, -0.15) is 0 Å². The molecule has 26 heavy (non-hydrogen) atoms. The van der Waals surface area contributed by atoms with Gasteiger partial charge in [-0.1, -0.05) is 30.3 Å². The van der Waals surface area contributed by atoms with Gasteiger partial charge in [-0.15, -0.1) is 0 Å². The van der Waals surface area contributed by atoms with Crippen LogP contribution in [0.1, 0.15) is 43.0 Å². The van der Waals surface area contributed by atoms with Gasteiger partial charge >= 0.3 is 0 Å². The molecule has 0 heterocycles. The number of benzene rings is 2. The molecule has 0 spiro atoms. The molecule has 0 saturated carbocycles. The lowest BCUT2D eigenvalue weighted by molar-refractivity contribution is -0.117. The number of carbonyl (C=O) groups excluding carboxylic acids is 1. The average molecular weight is 351 g/mol. The Hall–Kier alpha value is -2.75. The lowest BCUT2D eigenvalue weighted by atomic mass is 10.1. The summed E-state index contributed by atoms with van der Waals surface area (Å²) in [5, 5.41) is 3.10. The zero-order valence-electron chi connectivity index (χ0n) is 15.3. The van der Waals surface area contributed by atoms with E-state index in [0.29, 0.717) is 19.0 Å². The first kappa shape index (κ1) is 18.1. The van der Waals surface area contributed by atoms with E-state index in [9.17, 15) is 4.79 Å². The van der Waals surface area contributed by atoms with Crippen molar-refractivity contribution in [3.63, 3.8) is 0 Å². The fourth-order valence-corrected chi connectivity index (χ4v) is 3.27. The first-order chi connectivity index (χ1) is 12.7. The third-order valence-electron chi connectivity index (χ3n) is 4.44. The molecule has 1 atom stereocenters. The predicted octanol–water partition coefficient (Wildman–Crippen LogP) is 4.30. The minimum Gasteiger partial charge on any atom is -0.490 e. The number of ether oxygens (including phenoxy) is 2. The summed E-state index contributed by atoms with van der Waals surface area (Å²) in [5.41, 5.74) is 3.46. The van der Waals surface area contributed by atoms with Gasteiger partial charge in [0.1, 0.15) is 0 Å². The number of hydrogen-bond acceptors (Lipinski definition) is 3. The molecule has 1 aliphatic carbocycles. The predicted molar refractivity (Wildman–Crippen MR) is 103 cm³/mol. The Morgan fingerprint density at radius 2 is 1.88 bits per heavy atom. The molecule has 2 aromatic carbocycles. The molecule has 0 fully saturated rings. The van der Waals surface area contributed by atoms with E-state index < -0.39 is 0 Å². The van der Waals surface area contributed by atoms with Crippen LogP contribution in [0.2, 0.25) is 0 Å². The Kier molecular flexibility index (Phi) is 5.95.